The first kappa shape index (κ1) is 2.03. The van der Waals surface area contributed by atoms with Crippen LogP contribution in [0.1, 0.15) is 21.0 Å². The SMILES string of the molecule is [2H]C1C(O)=CC=C2N([2H])C([2H])([2H])C([2H])([2H])C21[2H]. The number of aliphatic hydroxyl groups is 1. The Hall–Kier alpha value is -0.920. The Kier molecular flexibility index (Phi) is 0.415. The fourth-order valence-electron chi connectivity index (χ4n) is 0.870. The van der Waals surface area contributed by atoms with Crippen molar-refractivity contribution in [2.24, 2.45) is 5.89 Å². The second-order valence-corrected chi connectivity index (χ2v) is 2.05. The lowest BCUT2D eigenvalue weighted by Gasteiger charge is -2.13. The second kappa shape index (κ2) is 2.04. The quantitative estimate of drug-likeness (QED) is 0.537. The number of hydrogen-bond donors (Lipinski definition) is 2. The summed E-state index contributed by atoms with van der Waals surface area (Å²) in [5.41, 5.74) is -0.259. The Morgan fingerprint density at radius 3 is 3.70 bits per heavy atom. The summed E-state index contributed by atoms with van der Waals surface area (Å²) in [5, 5.41) is 9.70. The Balaban J connectivity index is 2.68. The lowest BCUT2D eigenvalue weighted by molar-refractivity contribution is 0.361. The van der Waals surface area contributed by atoms with Crippen molar-refractivity contribution in [3.8, 4) is 0 Å². The maximum Gasteiger partial charge on any atom is 0.160 e. The molecule has 1 heterocycles. The van der Waals surface area contributed by atoms with E-state index in [-0.39, 0.29) is 11.0 Å². The smallest absolute Gasteiger partial charge is 0.160 e. The summed E-state index contributed by atoms with van der Waals surface area (Å²) in [7, 11) is 0. The van der Waals surface area contributed by atoms with Gasteiger partial charge < -0.3 is 10.4 Å². The number of nitrogens with one attached hydrogen (secondary N) is 1. The number of rotatable bonds is 0. The molecule has 2 atom stereocenters. The fraction of sp³-hybridized carbons (Fsp3) is 0.500. The first-order valence-electron chi connectivity index (χ1n) is 6.43. The van der Waals surface area contributed by atoms with Crippen LogP contribution in [-0.2, 0) is 0 Å². The van der Waals surface area contributed by atoms with Gasteiger partial charge in [0.1, 0.15) is 0 Å². The highest BCUT2D eigenvalue weighted by Gasteiger charge is 2.23. The van der Waals surface area contributed by atoms with E-state index in [1.807, 2.05) is 0 Å². The van der Waals surface area contributed by atoms with E-state index in [1.165, 1.54) is 0 Å². The van der Waals surface area contributed by atoms with Gasteiger partial charge in [0.25, 0.3) is 0 Å². The van der Waals surface area contributed by atoms with Gasteiger partial charge in [0, 0.05) is 32.7 Å². The van der Waals surface area contributed by atoms with Gasteiger partial charge in [0.2, 0.25) is 0 Å². The molecule has 0 spiro atoms. The molecule has 1 saturated heterocycles. The molecule has 0 aromatic rings. The van der Waals surface area contributed by atoms with E-state index in [0.29, 0.717) is 0 Å². The standard InChI is InChI=1S/C8H11NO/c10-7-1-2-8-6(5-7)3-4-9-8/h1-2,6,9-10H,3-5H2/i3D2,4D2,5D,6D/hD. The van der Waals surface area contributed by atoms with Gasteiger partial charge in [-0.3, -0.25) is 0 Å². The molecule has 2 nitrogen and oxygen atoms in total. The zero-order valence-electron chi connectivity index (χ0n) is 12.1. The van der Waals surface area contributed by atoms with Crippen LogP contribution >= 0.6 is 0 Å². The molecule has 2 unspecified atom stereocenters. The van der Waals surface area contributed by atoms with E-state index in [9.17, 15) is 5.11 Å². The van der Waals surface area contributed by atoms with Crippen LogP contribution in [0.2, 0.25) is 1.41 Å². The zero-order chi connectivity index (χ0) is 13.2. The van der Waals surface area contributed by atoms with Gasteiger partial charge in [0.15, 0.2) is 1.41 Å². The summed E-state index contributed by atoms with van der Waals surface area (Å²) in [6, 6.07) is 0. The fourth-order valence-corrected chi connectivity index (χ4v) is 0.870. The van der Waals surface area contributed by atoms with Gasteiger partial charge in [-0.1, -0.05) is 0 Å². The molecule has 0 amide bonds. The molecular formula is C8H11NO. The highest BCUT2D eigenvalue weighted by Crippen LogP contribution is 2.28. The van der Waals surface area contributed by atoms with E-state index >= 15 is 0 Å². The first-order chi connectivity index (χ1) is 7.58. The number of hydrogen-bond acceptors (Lipinski definition) is 2. The highest BCUT2D eigenvalue weighted by molar-refractivity contribution is 5.24. The van der Waals surface area contributed by atoms with Crippen molar-refractivity contribution in [2.75, 3.05) is 6.50 Å². The zero-order valence-corrected chi connectivity index (χ0v) is 5.13. The van der Waals surface area contributed by atoms with Crippen LogP contribution in [0, 0.1) is 5.89 Å². The molecule has 0 aromatic heterocycles. The van der Waals surface area contributed by atoms with Crippen LogP contribution in [0.4, 0.5) is 0 Å². The Morgan fingerprint density at radius 2 is 2.80 bits per heavy atom. The summed E-state index contributed by atoms with van der Waals surface area (Å²) < 4.78 is 53.7. The van der Waals surface area contributed by atoms with Crippen molar-refractivity contribution >= 4 is 0 Å². The highest BCUT2D eigenvalue weighted by atomic mass is 16.3. The molecule has 1 aliphatic heterocycles. The summed E-state index contributed by atoms with van der Waals surface area (Å²) in [6.07, 6.45) is -2.22. The van der Waals surface area contributed by atoms with Gasteiger partial charge in [-0.05, 0) is 18.5 Å². The Labute approximate surface area is 70.1 Å². The third-order valence-corrected chi connectivity index (χ3v) is 1.35. The van der Waals surface area contributed by atoms with Crippen LogP contribution < -0.4 is 5.31 Å². The molecule has 2 aliphatic rings. The summed E-state index contributed by atoms with van der Waals surface area (Å²) in [4.78, 5) is 0. The minimum Gasteiger partial charge on any atom is -0.512 e. The maximum atomic E-state index is 9.42. The van der Waals surface area contributed by atoms with Gasteiger partial charge in [0.05, 0.1) is 5.76 Å². The molecule has 2 rings (SSSR count). The van der Waals surface area contributed by atoms with E-state index in [4.69, 9.17) is 9.64 Å². The number of aliphatic hydroxyl groups excluding tert-OH is 1. The first-order valence-corrected chi connectivity index (χ1v) is 2.91. The minimum absolute atomic E-state index is 0.259. The predicted molar refractivity (Wildman–Crippen MR) is 39.5 cm³/mol. The van der Waals surface area contributed by atoms with Gasteiger partial charge in [-0.25, -0.2) is 0 Å². The van der Waals surface area contributed by atoms with Crippen molar-refractivity contribution in [3.63, 3.8) is 0 Å². The normalized spacial score (nSPS) is 66.2. The largest absolute Gasteiger partial charge is 0.512 e. The van der Waals surface area contributed by atoms with E-state index in [2.05, 4.69) is 0 Å². The van der Waals surface area contributed by atoms with Crippen molar-refractivity contribution in [1.29, 1.82) is 0 Å². The van der Waals surface area contributed by atoms with Crippen LogP contribution in [0.5, 0.6) is 0 Å². The van der Waals surface area contributed by atoms with Gasteiger partial charge >= 0.3 is 0 Å². The lowest BCUT2D eigenvalue weighted by atomic mass is 9.96. The summed E-state index contributed by atoms with van der Waals surface area (Å²) in [6.45, 7) is -2.72. The number of allylic oxidation sites excluding steroid dienone is 4. The molecule has 0 radical (unpaired) electrons. The van der Waals surface area contributed by atoms with Crippen LogP contribution in [0.3, 0.4) is 0 Å². The minimum atomic E-state index is -2.78. The average Bonchev–Trinajstić information content (AvgIpc) is 2.33. The molecule has 0 bridgehead atoms. The van der Waals surface area contributed by atoms with Crippen LogP contribution in [-0.4, -0.2) is 11.6 Å². The maximum absolute atomic E-state index is 9.42. The van der Waals surface area contributed by atoms with Crippen molar-refractivity contribution < 1.29 is 14.7 Å². The Morgan fingerprint density at radius 1 is 1.90 bits per heavy atom. The molecule has 2 N–H and O–H groups in total. The molecule has 1 fully saturated rings. The van der Waals surface area contributed by atoms with E-state index in [0.717, 1.165) is 12.2 Å². The van der Waals surface area contributed by atoms with Gasteiger partial charge in [-0.15, -0.1) is 0 Å². The molecule has 2 heteroatoms. The summed E-state index contributed by atoms with van der Waals surface area (Å²) >= 11 is 0. The molecule has 0 aromatic carbocycles. The average molecular weight is 144 g/mol. The molecule has 0 saturated carbocycles. The third-order valence-electron chi connectivity index (χ3n) is 1.35. The predicted octanol–water partition coefficient (Wildman–Crippen LogP) is 1.33. The van der Waals surface area contributed by atoms with E-state index in [1.54, 1.807) is 0 Å². The molecular weight excluding hydrogens is 126 g/mol. The molecule has 54 valence electrons. The monoisotopic (exact) mass is 144 g/mol. The van der Waals surface area contributed by atoms with Crippen molar-refractivity contribution in [1.82, 2.24) is 5.31 Å². The third kappa shape index (κ3) is 0.801. The van der Waals surface area contributed by atoms with Crippen molar-refractivity contribution in [2.45, 2.75) is 12.8 Å². The Bertz CT molecular complexity index is 432. The van der Waals surface area contributed by atoms with Gasteiger partial charge in [-0.2, -0.15) is 0 Å². The lowest BCUT2D eigenvalue weighted by Crippen LogP contribution is -2.09. The van der Waals surface area contributed by atoms with E-state index < -0.39 is 30.9 Å². The van der Waals surface area contributed by atoms with Crippen LogP contribution in [0.25, 0.3) is 0 Å². The second-order valence-electron chi connectivity index (χ2n) is 2.05. The number of fused-ring (bicyclic) bond motifs is 1. The molecule has 10 heavy (non-hydrogen) atoms. The van der Waals surface area contributed by atoms with Crippen molar-refractivity contribution in [3.05, 3.63) is 23.6 Å². The van der Waals surface area contributed by atoms with Crippen LogP contribution in [0.15, 0.2) is 23.6 Å². The summed E-state index contributed by atoms with van der Waals surface area (Å²) in [5.74, 6) is -2.82. The topological polar surface area (TPSA) is 32.3 Å². The molecule has 1 aliphatic carbocycles.